The number of hydrogen-bond donors (Lipinski definition) is 1. The van der Waals surface area contributed by atoms with Crippen LogP contribution in [-0.2, 0) is 29.7 Å². The van der Waals surface area contributed by atoms with Crippen LogP contribution in [0.15, 0.2) is 47.9 Å². The fourth-order valence-electron chi connectivity index (χ4n) is 3.10. The summed E-state index contributed by atoms with van der Waals surface area (Å²) in [5, 5.41) is 12.1. The highest BCUT2D eigenvalue weighted by Crippen LogP contribution is 2.30. The van der Waals surface area contributed by atoms with Gasteiger partial charge in [0.25, 0.3) is 10.0 Å². The van der Waals surface area contributed by atoms with Gasteiger partial charge in [-0.3, -0.25) is 14.4 Å². The molecule has 0 radical (unpaired) electrons. The number of fused-ring (bicyclic) bond motifs is 1. The van der Waals surface area contributed by atoms with Crippen LogP contribution in [0.3, 0.4) is 0 Å². The molecule has 9 nitrogen and oxygen atoms in total. The highest BCUT2D eigenvalue weighted by Gasteiger charge is 2.33. The van der Waals surface area contributed by atoms with E-state index in [-0.39, 0.29) is 5.69 Å². The fraction of sp³-hybridized carbons (Fsp3) is 0.222. The van der Waals surface area contributed by atoms with Crippen molar-refractivity contribution in [3.8, 4) is 5.69 Å². The monoisotopic (exact) mass is 451 g/mol. The van der Waals surface area contributed by atoms with Gasteiger partial charge in [-0.2, -0.15) is 36.6 Å². The van der Waals surface area contributed by atoms with Gasteiger partial charge in [-0.05, 0) is 24.1 Å². The van der Waals surface area contributed by atoms with Crippen molar-refractivity contribution >= 4 is 26.6 Å². The smallest absolute Gasteiger partial charge is 0.276 e. The zero-order valence-electron chi connectivity index (χ0n) is 16.3. The third-order valence-electron chi connectivity index (χ3n) is 4.62. The van der Waals surface area contributed by atoms with Crippen molar-refractivity contribution < 1.29 is 21.6 Å². The number of aromatic nitrogens is 6. The summed E-state index contributed by atoms with van der Waals surface area (Å²) < 4.78 is 68.7. The summed E-state index contributed by atoms with van der Waals surface area (Å²) in [7, 11) is -2.49. The van der Waals surface area contributed by atoms with Crippen LogP contribution in [0.1, 0.15) is 18.2 Å². The van der Waals surface area contributed by atoms with Gasteiger partial charge in [0.05, 0.1) is 29.3 Å². The van der Waals surface area contributed by atoms with E-state index < -0.39 is 26.9 Å². The van der Waals surface area contributed by atoms with E-state index in [4.69, 9.17) is 0 Å². The van der Waals surface area contributed by atoms with Crippen LogP contribution in [0.25, 0.3) is 16.6 Å². The van der Waals surface area contributed by atoms with E-state index in [2.05, 4.69) is 25.0 Å². The van der Waals surface area contributed by atoms with Crippen LogP contribution in [-0.4, -0.2) is 38.2 Å². The number of hydrogen-bond acceptors (Lipinski definition) is 6. The quantitative estimate of drug-likeness (QED) is 0.500. The van der Waals surface area contributed by atoms with Gasteiger partial charge in [-0.1, -0.05) is 19.1 Å². The maximum atomic E-state index is 13.0. The van der Waals surface area contributed by atoms with E-state index in [1.807, 2.05) is 13.0 Å². The molecule has 0 aliphatic heterocycles. The molecule has 0 saturated heterocycles. The Balaban J connectivity index is 1.72. The lowest BCUT2D eigenvalue weighted by atomic mass is 10.1. The van der Waals surface area contributed by atoms with E-state index in [0.29, 0.717) is 17.6 Å². The number of halogens is 3. The van der Waals surface area contributed by atoms with Gasteiger partial charge in [0.15, 0.2) is 0 Å². The topological polar surface area (TPSA) is 108 Å². The van der Waals surface area contributed by atoms with Crippen LogP contribution < -0.4 is 4.72 Å². The average molecular weight is 451 g/mol. The number of nitrogens with zero attached hydrogens (tertiary/aromatic N) is 6. The Morgan fingerprint density at radius 1 is 1.13 bits per heavy atom. The summed E-state index contributed by atoms with van der Waals surface area (Å²) in [5.41, 5.74) is 0.486. The third-order valence-corrected chi connectivity index (χ3v) is 5.83. The minimum atomic E-state index is -4.65. The Hall–Kier alpha value is -3.48. The molecule has 0 aliphatic carbocycles. The van der Waals surface area contributed by atoms with Crippen molar-refractivity contribution in [1.82, 2.24) is 29.8 Å². The van der Waals surface area contributed by atoms with Gasteiger partial charge >= 0.3 is 6.18 Å². The first-order valence-electron chi connectivity index (χ1n) is 9.02. The van der Waals surface area contributed by atoms with Gasteiger partial charge in [0.1, 0.15) is 5.69 Å². The van der Waals surface area contributed by atoms with Crippen LogP contribution in [0.5, 0.6) is 0 Å². The van der Waals surface area contributed by atoms with Gasteiger partial charge in [-0.15, -0.1) is 5.10 Å². The molecule has 162 valence electrons. The number of alkyl halides is 3. The Bertz CT molecular complexity index is 1380. The first-order valence-corrected chi connectivity index (χ1v) is 10.5. The molecular weight excluding hydrogens is 435 g/mol. The van der Waals surface area contributed by atoms with Crippen LogP contribution in [0, 0.1) is 0 Å². The molecule has 0 saturated carbocycles. The standard InChI is InChI=1S/C18H16F3N7O2S/c1-3-11-4-5-12-9-23-27(2)17(12)16(11)26-31(29,30)15-10-24-28(25-15)13-6-7-22-14(8-13)18(19,20)21/h4-10,26H,3H2,1-2H3. The van der Waals surface area contributed by atoms with E-state index in [0.717, 1.165) is 34.2 Å². The first-order chi connectivity index (χ1) is 14.6. The third kappa shape index (κ3) is 3.83. The number of benzene rings is 1. The average Bonchev–Trinajstić information content (AvgIpc) is 3.36. The maximum Gasteiger partial charge on any atom is 0.433 e. The molecule has 3 aromatic heterocycles. The molecule has 0 fully saturated rings. The van der Waals surface area contributed by atoms with E-state index in [9.17, 15) is 21.6 Å². The normalized spacial score (nSPS) is 12.4. The Kier molecular flexibility index (Phi) is 4.92. The summed E-state index contributed by atoms with van der Waals surface area (Å²) >= 11 is 0. The lowest BCUT2D eigenvalue weighted by Gasteiger charge is -2.12. The predicted octanol–water partition coefficient (Wildman–Crippen LogP) is 2.93. The molecule has 1 aromatic carbocycles. The van der Waals surface area contributed by atoms with Crippen molar-refractivity contribution in [3.63, 3.8) is 0 Å². The molecule has 4 rings (SSSR count). The van der Waals surface area contributed by atoms with Crippen LogP contribution >= 0.6 is 0 Å². The van der Waals surface area contributed by atoms with Gasteiger partial charge in [0.2, 0.25) is 5.03 Å². The zero-order valence-corrected chi connectivity index (χ0v) is 17.1. The second-order valence-corrected chi connectivity index (χ2v) is 8.26. The van der Waals surface area contributed by atoms with E-state index >= 15 is 0 Å². The molecular formula is C18H16F3N7O2S. The maximum absolute atomic E-state index is 13.0. The molecule has 4 aromatic rings. The predicted molar refractivity (Wildman–Crippen MR) is 105 cm³/mol. The van der Waals surface area contributed by atoms with Crippen LogP contribution in [0.2, 0.25) is 0 Å². The minimum Gasteiger partial charge on any atom is -0.276 e. The zero-order chi connectivity index (χ0) is 22.4. The summed E-state index contributed by atoms with van der Waals surface area (Å²) in [5.74, 6) is 0. The first kappa shape index (κ1) is 20.8. The summed E-state index contributed by atoms with van der Waals surface area (Å²) in [6.45, 7) is 1.88. The van der Waals surface area contributed by atoms with Crippen LogP contribution in [0.4, 0.5) is 18.9 Å². The molecule has 0 aliphatic rings. The van der Waals surface area contributed by atoms with Crippen molar-refractivity contribution in [2.24, 2.45) is 7.05 Å². The van der Waals surface area contributed by atoms with E-state index in [1.165, 1.54) is 6.07 Å². The Morgan fingerprint density at radius 3 is 2.61 bits per heavy atom. The molecule has 3 heterocycles. The Morgan fingerprint density at radius 2 is 1.90 bits per heavy atom. The number of anilines is 1. The Labute approximate surface area is 174 Å². The van der Waals surface area contributed by atoms with E-state index in [1.54, 1.807) is 24.0 Å². The van der Waals surface area contributed by atoms with Crippen molar-refractivity contribution in [2.75, 3.05) is 4.72 Å². The molecule has 13 heteroatoms. The van der Waals surface area contributed by atoms with Gasteiger partial charge in [-0.25, -0.2) is 0 Å². The second kappa shape index (κ2) is 7.34. The molecule has 0 atom stereocenters. The van der Waals surface area contributed by atoms with Crippen molar-refractivity contribution in [1.29, 1.82) is 0 Å². The highest BCUT2D eigenvalue weighted by atomic mass is 32.2. The van der Waals surface area contributed by atoms with Gasteiger partial charge in [0, 0.05) is 18.6 Å². The summed E-state index contributed by atoms with van der Waals surface area (Å²) in [4.78, 5) is 4.07. The minimum absolute atomic E-state index is 0.0771. The molecule has 0 spiro atoms. The number of nitrogens with one attached hydrogen (secondary N) is 1. The fourth-order valence-corrected chi connectivity index (χ4v) is 4.07. The number of sulfonamides is 1. The van der Waals surface area contributed by atoms with Crippen molar-refractivity contribution in [2.45, 2.75) is 24.5 Å². The SMILES string of the molecule is CCc1ccc2cnn(C)c2c1NS(=O)(=O)c1cnn(-c2ccnc(C(F)(F)F)c2)n1. The number of aryl methyl sites for hydroxylation is 2. The molecule has 0 amide bonds. The van der Waals surface area contributed by atoms with Crippen molar-refractivity contribution in [3.05, 3.63) is 54.1 Å². The lowest BCUT2D eigenvalue weighted by molar-refractivity contribution is -0.141. The summed E-state index contributed by atoms with van der Waals surface area (Å²) in [6, 6.07) is 5.62. The molecule has 0 unspecified atom stereocenters. The largest absolute Gasteiger partial charge is 0.433 e. The number of pyridine rings is 1. The lowest BCUT2D eigenvalue weighted by Crippen LogP contribution is -2.16. The van der Waals surface area contributed by atoms with Gasteiger partial charge < -0.3 is 0 Å². The molecule has 0 bridgehead atoms. The highest BCUT2D eigenvalue weighted by molar-refractivity contribution is 7.92. The summed E-state index contributed by atoms with van der Waals surface area (Å²) in [6.07, 6.45) is -0.568. The molecule has 1 N–H and O–H groups in total. The number of rotatable bonds is 5. The molecule has 31 heavy (non-hydrogen) atoms. The second-order valence-electron chi connectivity index (χ2n) is 6.63.